The van der Waals surface area contributed by atoms with Crippen LogP contribution in [-0.2, 0) is 11.8 Å². The van der Waals surface area contributed by atoms with Gasteiger partial charge in [0.25, 0.3) is 0 Å². The smallest absolute Gasteiger partial charge is 0.115 e. The first-order valence-electron chi connectivity index (χ1n) is 5.68. The lowest BCUT2D eigenvalue weighted by Crippen LogP contribution is -2.11. The molecule has 0 saturated carbocycles. The van der Waals surface area contributed by atoms with Gasteiger partial charge < -0.3 is 5.11 Å². The van der Waals surface area contributed by atoms with E-state index in [2.05, 4.69) is 31.1 Å². The Labute approximate surface area is 106 Å². The van der Waals surface area contributed by atoms with Crippen LogP contribution in [0.15, 0.2) is 29.6 Å². The summed E-state index contributed by atoms with van der Waals surface area (Å²) in [4.78, 5) is 4.66. The molecule has 0 aliphatic rings. The molecule has 1 N–H and O–H groups in total. The second-order valence-corrected chi connectivity index (χ2v) is 6.16. The molecule has 2 aromatic rings. The molecule has 1 aromatic heterocycles. The SMILES string of the molecule is CC(C)(C)c1csc(Cc2ccc(O)cc2)n1. The van der Waals surface area contributed by atoms with E-state index < -0.39 is 0 Å². The van der Waals surface area contributed by atoms with Crippen molar-refractivity contribution in [2.24, 2.45) is 0 Å². The molecule has 0 bridgehead atoms. The number of thiazole rings is 1. The molecule has 0 unspecified atom stereocenters. The van der Waals surface area contributed by atoms with Crippen molar-refractivity contribution < 1.29 is 5.11 Å². The average molecular weight is 247 g/mol. The number of phenols is 1. The monoisotopic (exact) mass is 247 g/mol. The summed E-state index contributed by atoms with van der Waals surface area (Å²) < 4.78 is 0. The van der Waals surface area contributed by atoms with Crippen molar-refractivity contribution in [2.45, 2.75) is 32.6 Å². The first kappa shape index (κ1) is 12.1. The molecular weight excluding hydrogens is 230 g/mol. The van der Waals surface area contributed by atoms with Crippen LogP contribution in [0.3, 0.4) is 0 Å². The highest BCUT2D eigenvalue weighted by molar-refractivity contribution is 7.09. The van der Waals surface area contributed by atoms with E-state index in [0.29, 0.717) is 5.75 Å². The van der Waals surface area contributed by atoms with E-state index in [1.165, 1.54) is 5.56 Å². The van der Waals surface area contributed by atoms with Crippen molar-refractivity contribution in [3.63, 3.8) is 0 Å². The van der Waals surface area contributed by atoms with Gasteiger partial charge in [0.2, 0.25) is 0 Å². The lowest BCUT2D eigenvalue weighted by Gasteiger charge is -2.14. The van der Waals surface area contributed by atoms with Crippen LogP contribution in [0.2, 0.25) is 0 Å². The van der Waals surface area contributed by atoms with Crippen molar-refractivity contribution in [3.05, 3.63) is 45.9 Å². The van der Waals surface area contributed by atoms with E-state index in [9.17, 15) is 5.11 Å². The lowest BCUT2D eigenvalue weighted by molar-refractivity contribution is 0.475. The summed E-state index contributed by atoms with van der Waals surface area (Å²) in [6.07, 6.45) is 0.834. The van der Waals surface area contributed by atoms with Crippen molar-refractivity contribution in [3.8, 4) is 5.75 Å². The third kappa shape index (κ3) is 3.07. The zero-order chi connectivity index (χ0) is 12.5. The molecular formula is C14H17NOS. The molecule has 0 radical (unpaired) electrons. The quantitative estimate of drug-likeness (QED) is 0.877. The fourth-order valence-electron chi connectivity index (χ4n) is 1.52. The number of hydrogen-bond donors (Lipinski definition) is 1. The van der Waals surface area contributed by atoms with Crippen LogP contribution in [0.5, 0.6) is 5.75 Å². The normalized spacial score (nSPS) is 11.7. The lowest BCUT2D eigenvalue weighted by atomic mass is 9.93. The minimum absolute atomic E-state index is 0.115. The number of aromatic hydroxyl groups is 1. The topological polar surface area (TPSA) is 33.1 Å². The minimum Gasteiger partial charge on any atom is -0.508 e. The van der Waals surface area contributed by atoms with E-state index in [4.69, 9.17) is 0 Å². The van der Waals surface area contributed by atoms with Crippen molar-refractivity contribution in [1.82, 2.24) is 4.98 Å². The summed E-state index contributed by atoms with van der Waals surface area (Å²) in [5.41, 5.74) is 2.44. The molecule has 2 nitrogen and oxygen atoms in total. The van der Waals surface area contributed by atoms with Crippen molar-refractivity contribution in [2.75, 3.05) is 0 Å². The molecule has 90 valence electrons. The molecule has 0 aliphatic carbocycles. The minimum atomic E-state index is 0.115. The van der Waals surface area contributed by atoms with E-state index >= 15 is 0 Å². The third-order valence-corrected chi connectivity index (χ3v) is 3.46. The third-order valence-electron chi connectivity index (χ3n) is 2.61. The Morgan fingerprint density at radius 2 is 1.82 bits per heavy atom. The standard InChI is InChI=1S/C14H17NOS/c1-14(2,3)12-9-17-13(15-12)8-10-4-6-11(16)7-5-10/h4-7,9,16H,8H2,1-3H3. The molecule has 1 aromatic carbocycles. The van der Waals surface area contributed by atoms with Crippen LogP contribution in [0.4, 0.5) is 0 Å². The van der Waals surface area contributed by atoms with Crippen LogP contribution < -0.4 is 0 Å². The van der Waals surface area contributed by atoms with Gasteiger partial charge in [-0.1, -0.05) is 32.9 Å². The van der Waals surface area contributed by atoms with Crippen LogP contribution in [-0.4, -0.2) is 10.1 Å². The summed E-state index contributed by atoms with van der Waals surface area (Å²) >= 11 is 1.70. The zero-order valence-corrected chi connectivity index (χ0v) is 11.2. The predicted molar refractivity (Wildman–Crippen MR) is 71.7 cm³/mol. The molecule has 0 aliphatic heterocycles. The van der Waals surface area contributed by atoms with Gasteiger partial charge in [0, 0.05) is 17.2 Å². The number of aromatic nitrogens is 1. The Bertz CT molecular complexity index is 494. The van der Waals surface area contributed by atoms with E-state index in [1.807, 2.05) is 12.1 Å². The molecule has 1 heterocycles. The molecule has 0 spiro atoms. The average Bonchev–Trinajstić information content (AvgIpc) is 2.69. The molecule has 17 heavy (non-hydrogen) atoms. The van der Waals surface area contributed by atoms with Gasteiger partial charge >= 0.3 is 0 Å². The van der Waals surface area contributed by atoms with Gasteiger partial charge in [-0.25, -0.2) is 4.98 Å². The van der Waals surface area contributed by atoms with Gasteiger partial charge in [-0.3, -0.25) is 0 Å². The first-order chi connectivity index (χ1) is 7.95. The number of phenolic OH excluding ortho intramolecular Hbond substituents is 1. The number of rotatable bonds is 2. The Balaban J connectivity index is 2.14. The van der Waals surface area contributed by atoms with Gasteiger partial charge in [-0.2, -0.15) is 0 Å². The van der Waals surface area contributed by atoms with Crippen LogP contribution >= 0.6 is 11.3 Å². The summed E-state index contributed by atoms with van der Waals surface area (Å²) in [5, 5.41) is 12.5. The summed E-state index contributed by atoms with van der Waals surface area (Å²) in [6.45, 7) is 6.52. The molecule has 0 amide bonds. The Kier molecular flexibility index (Phi) is 3.20. The fraction of sp³-hybridized carbons (Fsp3) is 0.357. The molecule has 0 fully saturated rings. The zero-order valence-electron chi connectivity index (χ0n) is 10.4. The Morgan fingerprint density at radius 1 is 1.18 bits per heavy atom. The Hall–Kier alpha value is -1.35. The highest BCUT2D eigenvalue weighted by Gasteiger charge is 2.17. The maximum Gasteiger partial charge on any atom is 0.115 e. The number of benzene rings is 1. The predicted octanol–water partition coefficient (Wildman–Crippen LogP) is 3.74. The van der Waals surface area contributed by atoms with E-state index in [1.54, 1.807) is 23.5 Å². The first-order valence-corrected chi connectivity index (χ1v) is 6.56. The summed E-state index contributed by atoms with van der Waals surface area (Å²) in [5.74, 6) is 0.309. The van der Waals surface area contributed by atoms with Gasteiger partial charge in [0.1, 0.15) is 5.75 Å². The van der Waals surface area contributed by atoms with Crippen LogP contribution in [0.1, 0.15) is 37.0 Å². The van der Waals surface area contributed by atoms with Crippen LogP contribution in [0.25, 0.3) is 0 Å². The van der Waals surface area contributed by atoms with Crippen molar-refractivity contribution >= 4 is 11.3 Å². The summed E-state index contributed by atoms with van der Waals surface area (Å²) in [6, 6.07) is 7.31. The molecule has 3 heteroatoms. The maximum atomic E-state index is 9.22. The van der Waals surface area contributed by atoms with Gasteiger partial charge in [-0.05, 0) is 17.7 Å². The number of nitrogens with zero attached hydrogens (tertiary/aromatic N) is 1. The van der Waals surface area contributed by atoms with Gasteiger partial charge in [0.15, 0.2) is 0 Å². The molecule has 0 atom stereocenters. The Morgan fingerprint density at radius 3 is 2.35 bits per heavy atom. The van der Waals surface area contributed by atoms with Gasteiger partial charge in [-0.15, -0.1) is 11.3 Å². The van der Waals surface area contributed by atoms with E-state index in [-0.39, 0.29) is 5.41 Å². The fourth-order valence-corrected chi connectivity index (χ4v) is 2.58. The molecule has 0 saturated heterocycles. The number of hydrogen-bond acceptors (Lipinski definition) is 3. The second-order valence-electron chi connectivity index (χ2n) is 5.22. The highest BCUT2D eigenvalue weighted by atomic mass is 32.1. The van der Waals surface area contributed by atoms with E-state index in [0.717, 1.165) is 17.1 Å². The molecule has 2 rings (SSSR count). The van der Waals surface area contributed by atoms with Gasteiger partial charge in [0.05, 0.1) is 10.7 Å². The highest BCUT2D eigenvalue weighted by Crippen LogP contribution is 2.25. The largest absolute Gasteiger partial charge is 0.508 e. The van der Waals surface area contributed by atoms with Crippen LogP contribution in [0, 0.1) is 0 Å². The summed E-state index contributed by atoms with van der Waals surface area (Å²) in [7, 11) is 0. The maximum absolute atomic E-state index is 9.22. The van der Waals surface area contributed by atoms with Crippen molar-refractivity contribution in [1.29, 1.82) is 0 Å². The second kappa shape index (κ2) is 4.49.